The van der Waals surface area contributed by atoms with Crippen LogP contribution in [0.25, 0.3) is 0 Å². The van der Waals surface area contributed by atoms with Gasteiger partial charge in [-0.15, -0.1) is 0 Å². The topological polar surface area (TPSA) is 101 Å². The van der Waals surface area contributed by atoms with Gasteiger partial charge in [0.25, 0.3) is 10.0 Å². The van der Waals surface area contributed by atoms with Gasteiger partial charge in [-0.25, -0.2) is 18.5 Å². The Labute approximate surface area is 136 Å². The molecule has 0 atom stereocenters. The molecule has 0 radical (unpaired) electrons. The summed E-state index contributed by atoms with van der Waals surface area (Å²) in [6, 6.07) is 1.34. The minimum atomic E-state index is -3.90. The van der Waals surface area contributed by atoms with Gasteiger partial charge in [-0.1, -0.05) is 0 Å². The second-order valence-electron chi connectivity index (χ2n) is 7.01. The van der Waals surface area contributed by atoms with Crippen molar-refractivity contribution in [2.45, 2.75) is 62.9 Å². The Morgan fingerprint density at radius 2 is 1.83 bits per heavy atom. The van der Waals surface area contributed by atoms with Crippen LogP contribution in [-0.4, -0.2) is 37.8 Å². The van der Waals surface area contributed by atoms with Crippen LogP contribution in [0.5, 0.6) is 5.75 Å². The lowest BCUT2D eigenvalue weighted by molar-refractivity contribution is 0.00578. The van der Waals surface area contributed by atoms with E-state index < -0.39 is 28.3 Å². The molecule has 0 aromatic carbocycles. The number of aromatic nitrogens is 1. The normalized spacial score (nSPS) is 23.1. The molecule has 0 unspecified atom stereocenters. The molecule has 1 aliphatic carbocycles. The predicted molar refractivity (Wildman–Crippen MR) is 85.0 cm³/mol. The Kier molecular flexibility index (Phi) is 3.75. The molecule has 1 aliphatic heterocycles. The Bertz CT molecular complexity index is 715. The first-order valence-corrected chi connectivity index (χ1v) is 9.09. The molecule has 9 heteroatoms. The highest BCUT2D eigenvalue weighted by molar-refractivity contribution is 7.89. The van der Waals surface area contributed by atoms with E-state index >= 15 is 0 Å². The van der Waals surface area contributed by atoms with Gasteiger partial charge in [0.2, 0.25) is 0 Å². The number of hydrogen-bond acceptors (Lipinski definition) is 6. The van der Waals surface area contributed by atoms with E-state index in [1.54, 1.807) is 0 Å². The Hall–Kier alpha value is -1.16. The maximum atomic E-state index is 11.5. The largest absolute Gasteiger partial charge is 0.500 e. The molecule has 2 fully saturated rings. The molecule has 2 N–H and O–H groups in total. The van der Waals surface area contributed by atoms with Crippen molar-refractivity contribution in [3.05, 3.63) is 12.3 Å². The Balaban J connectivity index is 1.98. The first kappa shape index (κ1) is 16.7. The average molecular weight is 340 g/mol. The first-order chi connectivity index (χ1) is 10.5. The van der Waals surface area contributed by atoms with Gasteiger partial charge in [0.1, 0.15) is 5.75 Å². The molecular weight excluding hydrogens is 319 g/mol. The van der Waals surface area contributed by atoms with Crippen molar-refractivity contribution >= 4 is 22.6 Å². The number of hydrogen-bond donors (Lipinski definition) is 1. The Morgan fingerprint density at radius 3 is 2.30 bits per heavy atom. The van der Waals surface area contributed by atoms with Crippen LogP contribution >= 0.6 is 0 Å². The van der Waals surface area contributed by atoms with Crippen molar-refractivity contribution in [2.75, 3.05) is 0 Å². The molecule has 2 heterocycles. The highest BCUT2D eigenvalue weighted by Crippen LogP contribution is 2.37. The van der Waals surface area contributed by atoms with Crippen LogP contribution in [0.4, 0.5) is 0 Å². The summed E-state index contributed by atoms with van der Waals surface area (Å²) in [5.74, 6) is 0.394. The van der Waals surface area contributed by atoms with Crippen molar-refractivity contribution < 1.29 is 22.5 Å². The predicted octanol–water partition coefficient (Wildman–Crippen LogP) is 0.569. The summed E-state index contributed by atoms with van der Waals surface area (Å²) in [6.45, 7) is 7.78. The standard InChI is InChI=1S/C14H21BN2O5S/c1-13(2)14(3,4)22-15(21-13)10-8-17-12(23(16,18)19)7-11(10)20-9-5-6-9/h7-9H,5-6H2,1-4H3,(H2,16,18,19). The number of rotatable bonds is 4. The fourth-order valence-corrected chi connectivity index (χ4v) is 2.67. The summed E-state index contributed by atoms with van der Waals surface area (Å²) < 4.78 is 40.9. The number of primary sulfonamides is 1. The van der Waals surface area contributed by atoms with Crippen molar-refractivity contribution in [1.82, 2.24) is 4.98 Å². The lowest BCUT2D eigenvalue weighted by atomic mass is 9.79. The van der Waals surface area contributed by atoms with E-state index in [1.807, 2.05) is 27.7 Å². The molecule has 1 saturated carbocycles. The zero-order valence-electron chi connectivity index (χ0n) is 13.7. The third-order valence-electron chi connectivity index (χ3n) is 4.49. The molecule has 0 spiro atoms. The van der Waals surface area contributed by atoms with E-state index in [2.05, 4.69) is 4.98 Å². The smallest absolute Gasteiger partial charge is 0.491 e. The minimum Gasteiger partial charge on any atom is -0.491 e. The molecule has 3 rings (SSSR count). The van der Waals surface area contributed by atoms with Gasteiger partial charge < -0.3 is 14.0 Å². The fourth-order valence-electron chi connectivity index (χ4n) is 2.20. The Morgan fingerprint density at radius 1 is 1.26 bits per heavy atom. The summed E-state index contributed by atoms with van der Waals surface area (Å²) in [4.78, 5) is 3.93. The zero-order chi connectivity index (χ0) is 17.0. The van der Waals surface area contributed by atoms with E-state index in [0.29, 0.717) is 11.2 Å². The van der Waals surface area contributed by atoms with Crippen LogP contribution in [0.2, 0.25) is 0 Å². The number of nitrogens with two attached hydrogens (primary N) is 1. The van der Waals surface area contributed by atoms with Gasteiger partial charge in [-0.05, 0) is 40.5 Å². The maximum Gasteiger partial charge on any atom is 0.500 e. The lowest BCUT2D eigenvalue weighted by Gasteiger charge is -2.32. The lowest BCUT2D eigenvalue weighted by Crippen LogP contribution is -2.41. The fraction of sp³-hybridized carbons (Fsp3) is 0.643. The summed E-state index contributed by atoms with van der Waals surface area (Å²) in [7, 11) is -4.57. The molecule has 0 amide bonds. The molecular formula is C14H21BN2O5S. The number of pyridine rings is 1. The van der Waals surface area contributed by atoms with Crippen molar-refractivity contribution in [1.29, 1.82) is 0 Å². The zero-order valence-corrected chi connectivity index (χ0v) is 14.5. The third-order valence-corrected chi connectivity index (χ3v) is 5.29. The quantitative estimate of drug-likeness (QED) is 0.804. The second-order valence-corrected chi connectivity index (χ2v) is 8.52. The first-order valence-electron chi connectivity index (χ1n) is 7.55. The van der Waals surface area contributed by atoms with E-state index in [4.69, 9.17) is 19.2 Å². The number of sulfonamides is 1. The third kappa shape index (κ3) is 3.23. The molecule has 23 heavy (non-hydrogen) atoms. The molecule has 1 aromatic rings. The molecule has 1 aromatic heterocycles. The monoisotopic (exact) mass is 340 g/mol. The van der Waals surface area contributed by atoms with Gasteiger partial charge in [-0.3, -0.25) is 0 Å². The average Bonchev–Trinajstić information content (AvgIpc) is 3.16. The van der Waals surface area contributed by atoms with Gasteiger partial charge >= 0.3 is 7.12 Å². The van der Waals surface area contributed by atoms with Gasteiger partial charge in [-0.2, -0.15) is 0 Å². The maximum absolute atomic E-state index is 11.5. The van der Waals surface area contributed by atoms with Crippen LogP contribution in [0.15, 0.2) is 17.3 Å². The van der Waals surface area contributed by atoms with E-state index in [-0.39, 0.29) is 11.1 Å². The van der Waals surface area contributed by atoms with Gasteiger partial charge in [0.05, 0.1) is 17.3 Å². The summed E-state index contributed by atoms with van der Waals surface area (Å²) in [5.41, 5.74) is -0.441. The SMILES string of the molecule is CC1(C)OB(c2cnc(S(N)(=O)=O)cc2OC2CC2)OC1(C)C. The van der Waals surface area contributed by atoms with Gasteiger partial charge in [0, 0.05) is 17.7 Å². The minimum absolute atomic E-state index is 0.0897. The van der Waals surface area contributed by atoms with Crippen LogP contribution in [0.1, 0.15) is 40.5 Å². The van der Waals surface area contributed by atoms with Crippen molar-refractivity contribution in [3.8, 4) is 5.75 Å². The van der Waals surface area contributed by atoms with E-state index in [9.17, 15) is 8.42 Å². The number of nitrogens with zero attached hydrogens (tertiary/aromatic N) is 1. The molecule has 7 nitrogen and oxygen atoms in total. The molecule has 0 bridgehead atoms. The summed E-state index contributed by atoms with van der Waals surface area (Å²) >= 11 is 0. The highest BCUT2D eigenvalue weighted by Gasteiger charge is 2.52. The molecule has 126 valence electrons. The molecule has 2 aliphatic rings. The van der Waals surface area contributed by atoms with Gasteiger partial charge in [0.15, 0.2) is 5.03 Å². The van der Waals surface area contributed by atoms with Crippen LogP contribution in [0, 0.1) is 0 Å². The highest BCUT2D eigenvalue weighted by atomic mass is 32.2. The van der Waals surface area contributed by atoms with Crippen LogP contribution < -0.4 is 15.3 Å². The summed E-state index contributed by atoms with van der Waals surface area (Å²) in [6.07, 6.45) is 3.37. The van der Waals surface area contributed by atoms with E-state index in [1.165, 1.54) is 12.3 Å². The van der Waals surface area contributed by atoms with Crippen molar-refractivity contribution in [2.24, 2.45) is 5.14 Å². The van der Waals surface area contributed by atoms with Crippen LogP contribution in [-0.2, 0) is 19.3 Å². The molecule has 1 saturated heterocycles. The van der Waals surface area contributed by atoms with Crippen molar-refractivity contribution in [3.63, 3.8) is 0 Å². The van der Waals surface area contributed by atoms with Crippen LogP contribution in [0.3, 0.4) is 0 Å². The summed E-state index contributed by atoms with van der Waals surface area (Å²) in [5, 5.41) is 4.93. The van der Waals surface area contributed by atoms with E-state index in [0.717, 1.165) is 12.8 Å². The second kappa shape index (κ2) is 5.17. The number of ether oxygens (including phenoxy) is 1.